The Kier molecular flexibility index (Phi) is 3.88. The summed E-state index contributed by atoms with van der Waals surface area (Å²) in [6.45, 7) is 7.78. The van der Waals surface area contributed by atoms with E-state index >= 15 is 0 Å². The van der Waals surface area contributed by atoms with E-state index in [0.29, 0.717) is 11.1 Å². The Morgan fingerprint density at radius 2 is 1.67 bits per heavy atom. The van der Waals surface area contributed by atoms with Crippen molar-refractivity contribution < 1.29 is 9.21 Å². The Morgan fingerprint density at radius 3 is 2.25 bits per heavy atom. The van der Waals surface area contributed by atoms with Crippen LogP contribution in [0.5, 0.6) is 0 Å². The molecule has 0 N–H and O–H groups in total. The minimum atomic E-state index is -0.586. The second-order valence-electron chi connectivity index (χ2n) is 7.02. The number of Topliss-reactive ketones (excluding diaryl/α,β-unsaturated/α-hetero) is 1. The molecule has 0 fully saturated rings. The Hall–Kier alpha value is -2.68. The topological polar surface area (TPSA) is 47.3 Å². The third kappa shape index (κ3) is 2.78. The fraction of sp³-hybridized carbons (Fsp3) is 0.238. The van der Waals surface area contributed by atoms with Crippen LogP contribution in [0.25, 0.3) is 22.1 Å². The van der Waals surface area contributed by atoms with Crippen molar-refractivity contribution in [2.75, 3.05) is 0 Å². The van der Waals surface area contributed by atoms with Crippen molar-refractivity contribution in [3.63, 3.8) is 0 Å². The van der Waals surface area contributed by atoms with Crippen molar-refractivity contribution >= 4 is 16.8 Å². The number of benzene rings is 2. The molecule has 0 amide bonds. The van der Waals surface area contributed by atoms with Gasteiger partial charge in [0, 0.05) is 10.9 Å². The lowest BCUT2D eigenvalue weighted by molar-refractivity contribution is 0.101. The van der Waals surface area contributed by atoms with Gasteiger partial charge in [0.25, 0.3) is 0 Å². The number of carbonyl (C=O) groups is 1. The van der Waals surface area contributed by atoms with Crippen LogP contribution in [0.2, 0.25) is 0 Å². The maximum absolute atomic E-state index is 12.4. The van der Waals surface area contributed by atoms with Crippen LogP contribution in [-0.2, 0) is 5.41 Å². The Labute approximate surface area is 140 Å². The van der Waals surface area contributed by atoms with Crippen LogP contribution in [0.3, 0.4) is 0 Å². The molecule has 1 aromatic heterocycles. The summed E-state index contributed by atoms with van der Waals surface area (Å²) in [5.74, 6) is -0.286. The van der Waals surface area contributed by atoms with Gasteiger partial charge >= 0.3 is 5.63 Å². The van der Waals surface area contributed by atoms with E-state index in [4.69, 9.17) is 4.42 Å². The monoisotopic (exact) mass is 320 g/mol. The lowest BCUT2D eigenvalue weighted by atomic mass is 9.85. The number of ketones is 1. The van der Waals surface area contributed by atoms with Gasteiger partial charge in [0.05, 0.1) is 0 Å². The van der Waals surface area contributed by atoms with Crippen molar-refractivity contribution in [2.45, 2.75) is 33.1 Å². The molecule has 0 atom stereocenters. The zero-order valence-electron chi connectivity index (χ0n) is 14.3. The molecule has 0 spiro atoms. The molecule has 1 heterocycles. The smallest absolute Gasteiger partial charge is 0.347 e. The molecule has 3 heteroatoms. The third-order valence-electron chi connectivity index (χ3n) is 4.19. The first-order valence-electron chi connectivity index (χ1n) is 7.97. The predicted octanol–water partition coefficient (Wildman–Crippen LogP) is 4.96. The quantitative estimate of drug-likeness (QED) is 0.495. The molecule has 24 heavy (non-hydrogen) atoms. The highest BCUT2D eigenvalue weighted by molar-refractivity contribution is 6.08. The summed E-state index contributed by atoms with van der Waals surface area (Å²) in [5.41, 5.74) is 2.59. The Morgan fingerprint density at radius 1 is 1.00 bits per heavy atom. The summed E-state index contributed by atoms with van der Waals surface area (Å²) in [6.07, 6.45) is 0. The Bertz CT molecular complexity index is 974. The van der Waals surface area contributed by atoms with E-state index in [9.17, 15) is 9.59 Å². The molecule has 3 rings (SSSR count). The van der Waals surface area contributed by atoms with Crippen LogP contribution in [0.15, 0.2) is 57.7 Å². The van der Waals surface area contributed by atoms with Crippen molar-refractivity contribution in [3.05, 3.63) is 70.1 Å². The lowest BCUT2D eigenvalue weighted by Crippen LogP contribution is -2.15. The van der Waals surface area contributed by atoms with Gasteiger partial charge in [0.2, 0.25) is 0 Å². The SMILES string of the molecule is CC(=O)c1c(-c2ccccc2)c2cc(C(C)(C)C)ccc2oc1=O. The van der Waals surface area contributed by atoms with Gasteiger partial charge in [-0.15, -0.1) is 0 Å². The largest absolute Gasteiger partial charge is 0.422 e. The fourth-order valence-electron chi connectivity index (χ4n) is 2.89. The van der Waals surface area contributed by atoms with Crippen LogP contribution in [0.1, 0.15) is 43.6 Å². The standard InChI is InChI=1S/C21H20O3/c1-13(22)18-19(14-8-6-5-7-9-14)16-12-15(21(2,3)4)10-11-17(16)24-20(18)23/h5-12H,1-4H3. The summed E-state index contributed by atoms with van der Waals surface area (Å²) in [7, 11) is 0. The highest BCUT2D eigenvalue weighted by atomic mass is 16.4. The first-order chi connectivity index (χ1) is 11.3. The number of hydrogen-bond donors (Lipinski definition) is 0. The summed E-state index contributed by atoms with van der Waals surface area (Å²) in [4.78, 5) is 24.5. The highest BCUT2D eigenvalue weighted by Crippen LogP contribution is 2.34. The van der Waals surface area contributed by atoms with E-state index in [2.05, 4.69) is 20.8 Å². The van der Waals surface area contributed by atoms with E-state index in [1.165, 1.54) is 6.92 Å². The summed E-state index contributed by atoms with van der Waals surface area (Å²) < 4.78 is 5.41. The van der Waals surface area contributed by atoms with Crippen LogP contribution >= 0.6 is 0 Å². The Balaban J connectivity index is 2.49. The van der Waals surface area contributed by atoms with E-state index in [-0.39, 0.29) is 16.8 Å². The van der Waals surface area contributed by atoms with Gasteiger partial charge < -0.3 is 4.42 Å². The van der Waals surface area contributed by atoms with Crippen LogP contribution < -0.4 is 5.63 Å². The molecule has 0 aliphatic heterocycles. The summed E-state index contributed by atoms with van der Waals surface area (Å²) in [6, 6.07) is 15.3. The van der Waals surface area contributed by atoms with Crippen LogP contribution in [0.4, 0.5) is 0 Å². The molecule has 0 aliphatic rings. The molecule has 3 aromatic rings. The maximum Gasteiger partial charge on any atom is 0.347 e. The lowest BCUT2D eigenvalue weighted by Gasteiger charge is -2.20. The first-order valence-corrected chi connectivity index (χ1v) is 7.97. The zero-order valence-corrected chi connectivity index (χ0v) is 14.3. The fourth-order valence-corrected chi connectivity index (χ4v) is 2.89. The van der Waals surface area contributed by atoms with Crippen molar-refractivity contribution in [3.8, 4) is 11.1 Å². The number of fused-ring (bicyclic) bond motifs is 1. The molecule has 0 saturated carbocycles. The van der Waals surface area contributed by atoms with Gasteiger partial charge in [0.15, 0.2) is 5.78 Å². The van der Waals surface area contributed by atoms with Crippen molar-refractivity contribution in [2.24, 2.45) is 0 Å². The number of hydrogen-bond acceptors (Lipinski definition) is 3. The maximum atomic E-state index is 12.4. The molecular weight excluding hydrogens is 300 g/mol. The molecule has 0 radical (unpaired) electrons. The molecule has 2 aromatic carbocycles. The van der Waals surface area contributed by atoms with E-state index < -0.39 is 5.63 Å². The number of carbonyl (C=O) groups excluding carboxylic acids is 1. The van der Waals surface area contributed by atoms with E-state index in [1.807, 2.05) is 48.5 Å². The minimum absolute atomic E-state index is 0.0470. The average Bonchev–Trinajstić information content (AvgIpc) is 2.52. The molecular formula is C21H20O3. The molecule has 122 valence electrons. The third-order valence-corrected chi connectivity index (χ3v) is 4.19. The first kappa shape index (κ1) is 16.2. The normalized spacial score (nSPS) is 11.7. The van der Waals surface area contributed by atoms with Gasteiger partial charge in [-0.2, -0.15) is 0 Å². The van der Waals surface area contributed by atoms with Gasteiger partial charge in [0.1, 0.15) is 11.1 Å². The van der Waals surface area contributed by atoms with E-state index in [0.717, 1.165) is 16.5 Å². The van der Waals surface area contributed by atoms with Crippen LogP contribution in [0, 0.1) is 0 Å². The summed E-state index contributed by atoms with van der Waals surface area (Å²) in [5, 5.41) is 0.790. The molecule has 0 saturated heterocycles. The second-order valence-corrected chi connectivity index (χ2v) is 7.02. The molecule has 0 aliphatic carbocycles. The van der Waals surface area contributed by atoms with Crippen molar-refractivity contribution in [1.82, 2.24) is 0 Å². The predicted molar refractivity (Wildman–Crippen MR) is 96.6 cm³/mol. The molecule has 3 nitrogen and oxygen atoms in total. The number of rotatable bonds is 2. The van der Waals surface area contributed by atoms with Gasteiger partial charge in [-0.3, -0.25) is 4.79 Å². The highest BCUT2D eigenvalue weighted by Gasteiger charge is 2.21. The molecule has 0 bridgehead atoms. The zero-order chi connectivity index (χ0) is 17.5. The van der Waals surface area contributed by atoms with Crippen molar-refractivity contribution in [1.29, 1.82) is 0 Å². The van der Waals surface area contributed by atoms with Gasteiger partial charge in [-0.05, 0) is 35.6 Å². The molecule has 0 unspecified atom stereocenters. The second kappa shape index (κ2) is 5.75. The minimum Gasteiger partial charge on any atom is -0.422 e. The van der Waals surface area contributed by atoms with Gasteiger partial charge in [-0.1, -0.05) is 57.2 Å². The average molecular weight is 320 g/mol. The summed E-state index contributed by atoms with van der Waals surface area (Å²) >= 11 is 0. The van der Waals surface area contributed by atoms with Gasteiger partial charge in [-0.25, -0.2) is 4.79 Å². The van der Waals surface area contributed by atoms with Crippen LogP contribution in [-0.4, -0.2) is 5.78 Å². The van der Waals surface area contributed by atoms with E-state index in [1.54, 1.807) is 0 Å².